The summed E-state index contributed by atoms with van der Waals surface area (Å²) in [6.07, 6.45) is 11.7. The Labute approximate surface area is 616 Å². The lowest BCUT2D eigenvalue weighted by Gasteiger charge is -2.08. The van der Waals surface area contributed by atoms with Crippen LogP contribution < -0.4 is 4.74 Å². The van der Waals surface area contributed by atoms with E-state index in [0.29, 0.717) is 56.4 Å². The van der Waals surface area contributed by atoms with Gasteiger partial charge in [0.2, 0.25) is 0 Å². The summed E-state index contributed by atoms with van der Waals surface area (Å²) < 4.78 is 54.7. The second-order valence-electron chi connectivity index (χ2n) is 24.4. The Morgan fingerprint density at radius 2 is 0.729 bits per heavy atom. The quantitative estimate of drug-likeness (QED) is 0.0513. The first-order valence-electron chi connectivity index (χ1n) is 33.5. The number of nitrogens with one attached hydrogen (secondary N) is 6. The molecule has 0 amide bonds. The van der Waals surface area contributed by atoms with Crippen molar-refractivity contribution < 1.29 is 32.1 Å². The molecule has 0 unspecified atom stereocenters. The van der Waals surface area contributed by atoms with Crippen molar-refractivity contribution in [3.63, 3.8) is 0 Å². The lowest BCUT2D eigenvalue weighted by molar-refractivity contribution is 0.242. The molecule has 23 nitrogen and oxygen atoms in total. The predicted molar refractivity (Wildman–Crippen MR) is 414 cm³/mol. The molecule has 18 aromatic rings. The van der Waals surface area contributed by atoms with Gasteiger partial charge >= 0.3 is 0 Å². The summed E-state index contributed by atoms with van der Waals surface area (Å²) in [5.41, 5.74) is 18.2. The van der Waals surface area contributed by atoms with Crippen LogP contribution in [0.3, 0.4) is 0 Å². The molecule has 0 saturated heterocycles. The Morgan fingerprint density at radius 1 is 0.393 bits per heavy atom. The van der Waals surface area contributed by atoms with Crippen LogP contribution in [0.25, 0.3) is 135 Å². The first kappa shape index (κ1) is 72.3. The number of imidazole rings is 6. The van der Waals surface area contributed by atoms with Gasteiger partial charge in [-0.15, -0.1) is 0 Å². The van der Waals surface area contributed by atoms with E-state index in [2.05, 4.69) is 127 Å². The van der Waals surface area contributed by atoms with Crippen molar-refractivity contribution in [2.45, 2.75) is 50.7 Å². The third-order valence-corrected chi connectivity index (χ3v) is 17.7. The molecule has 0 aliphatic carbocycles. The highest BCUT2D eigenvalue weighted by Gasteiger charge is 2.16. The molecule has 534 valence electrons. The van der Waals surface area contributed by atoms with Crippen LogP contribution in [0.1, 0.15) is 36.1 Å². The van der Waals surface area contributed by atoms with Gasteiger partial charge in [0, 0.05) is 67.4 Å². The van der Waals surface area contributed by atoms with Gasteiger partial charge in [0.15, 0.2) is 56.4 Å². The number of thiol groups is 1. The molecular formula is C80H68F2N18O5S2. The van der Waals surface area contributed by atoms with E-state index in [1.807, 2.05) is 147 Å². The average molecular weight is 1460 g/mol. The van der Waals surface area contributed by atoms with E-state index in [-0.39, 0.29) is 24.2 Å². The minimum absolute atomic E-state index is 0.107. The maximum atomic E-state index is 13.0. The number of aliphatic hydroxyl groups is 2. The van der Waals surface area contributed by atoms with E-state index in [1.165, 1.54) is 17.4 Å². The molecule has 0 atom stereocenters. The maximum absolute atomic E-state index is 13.0. The average Bonchev–Trinajstić information content (AvgIpc) is 1.68. The zero-order valence-corrected chi connectivity index (χ0v) is 59.6. The van der Waals surface area contributed by atoms with E-state index < -0.39 is 21.5 Å². The number of pyridine rings is 6. The van der Waals surface area contributed by atoms with Crippen LogP contribution in [0, 0.1) is 18.6 Å². The second-order valence-corrected chi connectivity index (χ2v) is 26.7. The molecule has 0 bridgehead atoms. The molecule has 12 heterocycles. The number of nitrogens with zero attached hydrogens (tertiary/aromatic N) is 12. The summed E-state index contributed by atoms with van der Waals surface area (Å²) in [5.74, 6) is 3.97. The minimum Gasteiger partial charge on any atom is -0.491 e. The first-order valence-corrected chi connectivity index (χ1v) is 36.0. The van der Waals surface area contributed by atoms with E-state index in [9.17, 15) is 27.4 Å². The molecule has 0 fully saturated rings. The molecule has 0 saturated carbocycles. The Hall–Kier alpha value is -13.1. The normalized spacial score (nSPS) is 11.1. The number of aryl methyl sites for hydroxylation is 1. The smallest absolute Gasteiger partial charge is 0.175 e. The fraction of sp³-hybridized carbons (Fsp3) is 0.100. The topological polar surface area (TPSA) is 333 Å². The van der Waals surface area contributed by atoms with Crippen LogP contribution in [0.5, 0.6) is 5.75 Å². The second kappa shape index (κ2) is 33.1. The summed E-state index contributed by atoms with van der Waals surface area (Å²) >= 11 is 4.27. The van der Waals surface area contributed by atoms with Crippen LogP contribution in [-0.2, 0) is 28.8 Å². The molecule has 8 N–H and O–H groups in total. The Balaban J connectivity index is 0.000000114. The number of fused-ring (bicyclic) bond motifs is 6. The van der Waals surface area contributed by atoms with Gasteiger partial charge < -0.3 is 44.9 Å². The van der Waals surface area contributed by atoms with Crippen LogP contribution in [0.15, 0.2) is 248 Å². The van der Waals surface area contributed by atoms with Crippen molar-refractivity contribution in [3.8, 4) is 74.9 Å². The monoisotopic (exact) mass is 1460 g/mol. The molecule has 27 heteroatoms. The number of sulfone groups is 1. The molecular weight excluding hydrogens is 1400 g/mol. The summed E-state index contributed by atoms with van der Waals surface area (Å²) in [7, 11) is -3.21. The van der Waals surface area contributed by atoms with Crippen molar-refractivity contribution in [1.82, 2.24) is 89.7 Å². The molecule has 6 aromatic carbocycles. The Morgan fingerprint density at radius 3 is 1.12 bits per heavy atom. The van der Waals surface area contributed by atoms with Gasteiger partial charge in [-0.2, -0.15) is 12.6 Å². The molecule has 18 rings (SSSR count). The van der Waals surface area contributed by atoms with E-state index in [0.717, 1.165) is 114 Å². The molecule has 0 radical (unpaired) electrons. The lowest BCUT2D eigenvalue weighted by Crippen LogP contribution is -2.05. The van der Waals surface area contributed by atoms with Crippen molar-refractivity contribution in [2.75, 3.05) is 6.26 Å². The third-order valence-electron chi connectivity index (χ3n) is 16.2. The predicted octanol–water partition coefficient (Wildman–Crippen LogP) is 15.9. The maximum Gasteiger partial charge on any atom is 0.175 e. The van der Waals surface area contributed by atoms with E-state index >= 15 is 0 Å². The number of ether oxygens (including phenoxy) is 1. The van der Waals surface area contributed by atoms with Gasteiger partial charge in [-0.05, 0) is 183 Å². The third kappa shape index (κ3) is 17.9. The molecule has 0 aliphatic rings. The van der Waals surface area contributed by atoms with Gasteiger partial charge in [0.1, 0.15) is 39.9 Å². The number of aromatic amines is 6. The van der Waals surface area contributed by atoms with Gasteiger partial charge in [0.05, 0.1) is 90.4 Å². The number of aliphatic hydroxyl groups excluding tert-OH is 2. The Kier molecular flexibility index (Phi) is 22.4. The van der Waals surface area contributed by atoms with Gasteiger partial charge in [0.25, 0.3) is 0 Å². The highest BCUT2D eigenvalue weighted by atomic mass is 32.2. The van der Waals surface area contributed by atoms with Crippen molar-refractivity contribution in [1.29, 1.82) is 0 Å². The SMILES string of the molecule is CC(C)Oc1ccc2nc(-c3ccccn3)[nH]c2c1.CS(=O)(=O)c1ccc2nc(-c3ccccn3)[nH]c2c1.Cc1ccc2nc(-c3ccccn3)[nH]c2c1.Fc1cc2nc(-c3ccccn3)[nH]c2cc1F.OCc1cc2nc(-c3ccccn3)[nH]c2cc1CO.SCc1ccc2nc(-c3ccccn3)[nH]c2c1. The molecule has 0 aliphatic heterocycles. The van der Waals surface area contributed by atoms with Gasteiger partial charge in [-0.3, -0.25) is 29.9 Å². The van der Waals surface area contributed by atoms with Crippen molar-refractivity contribution in [2.24, 2.45) is 0 Å². The zero-order chi connectivity index (χ0) is 74.4. The number of benzene rings is 6. The van der Waals surface area contributed by atoms with Crippen LogP contribution in [0.2, 0.25) is 0 Å². The fourth-order valence-electron chi connectivity index (χ4n) is 11.0. The summed E-state index contributed by atoms with van der Waals surface area (Å²) in [5, 5.41) is 18.5. The summed E-state index contributed by atoms with van der Waals surface area (Å²) in [4.78, 5) is 71.2. The van der Waals surface area contributed by atoms with Gasteiger partial charge in [-0.1, -0.05) is 48.5 Å². The number of H-pyrrole nitrogens is 6. The van der Waals surface area contributed by atoms with Crippen LogP contribution in [0.4, 0.5) is 8.78 Å². The summed E-state index contributed by atoms with van der Waals surface area (Å²) in [6.45, 7) is 5.87. The molecule has 0 spiro atoms. The van der Waals surface area contributed by atoms with E-state index in [1.54, 1.807) is 79.6 Å². The van der Waals surface area contributed by atoms with Crippen LogP contribution in [-0.4, -0.2) is 121 Å². The van der Waals surface area contributed by atoms with Gasteiger partial charge in [-0.25, -0.2) is 47.1 Å². The standard InChI is InChI=1S/C15H15N3O.C14H13N3O2.C13H11N3O2S.C13H11N3S.C13H11N3.C12H7F2N3/c1-10(2)19-11-6-7-12-14(9-11)18-15(17-12)13-5-3-4-8-16-13;18-7-9-5-12-13(6-10(9)8-19)17-14(16-12)11-3-1-2-4-15-11;1-19(17,18)9-5-6-10-12(8-9)16-13(15-10)11-4-2-3-7-14-11;17-8-9-4-5-10-12(7-9)16-13(15-10)11-3-1-2-6-14-11;1-9-5-6-10-12(8-9)16-13(15-10)11-4-2-3-7-14-11;13-7-5-10-11(6-8(7)14)17-12(16-10)9-3-1-2-4-15-9/h3-10H,1-2H3,(H,17,18);1-6,18-19H,7-8H2,(H,16,17);2-8H,1H3,(H,15,16);1-7,17H,8H2,(H,15,16);2-8H,1H3,(H,15,16);1-6H,(H,16,17). The number of halogens is 2. The lowest BCUT2D eigenvalue weighted by atomic mass is 10.1. The van der Waals surface area contributed by atoms with Crippen molar-refractivity contribution in [3.05, 3.63) is 277 Å². The highest BCUT2D eigenvalue weighted by molar-refractivity contribution is 7.90. The molecule has 12 aromatic heterocycles. The summed E-state index contributed by atoms with van der Waals surface area (Å²) in [6, 6.07) is 62.6. The zero-order valence-electron chi connectivity index (χ0n) is 57.9. The van der Waals surface area contributed by atoms with Crippen molar-refractivity contribution >= 4 is 88.7 Å². The number of hydrogen-bond donors (Lipinski definition) is 9. The van der Waals surface area contributed by atoms with Crippen LogP contribution >= 0.6 is 12.6 Å². The van der Waals surface area contributed by atoms with E-state index in [4.69, 9.17) is 4.74 Å². The number of aromatic nitrogens is 18. The Bertz CT molecular complexity index is 6050. The highest BCUT2D eigenvalue weighted by Crippen LogP contribution is 2.28. The largest absolute Gasteiger partial charge is 0.491 e. The number of hydrogen-bond acceptors (Lipinski definition) is 18. The molecule has 107 heavy (non-hydrogen) atoms. The minimum atomic E-state index is -3.21. The fourth-order valence-corrected chi connectivity index (χ4v) is 11.9. The number of rotatable bonds is 12. The first-order chi connectivity index (χ1) is 52.0.